The van der Waals surface area contributed by atoms with Gasteiger partial charge in [-0.25, -0.2) is 0 Å². The molecule has 2 aromatic rings. The van der Waals surface area contributed by atoms with Crippen molar-refractivity contribution in [3.63, 3.8) is 0 Å². The predicted molar refractivity (Wildman–Crippen MR) is 87.1 cm³/mol. The second-order valence-corrected chi connectivity index (χ2v) is 5.62. The number of aromatic nitrogens is 1. The monoisotopic (exact) mass is 385 g/mol. The van der Waals surface area contributed by atoms with Gasteiger partial charge in [0, 0.05) is 19.7 Å². The number of hydrogen-bond donors (Lipinski definition) is 0. The molecule has 0 spiro atoms. The highest BCUT2D eigenvalue weighted by molar-refractivity contribution is 14.1. The predicted octanol–water partition coefficient (Wildman–Crippen LogP) is 2.95. The molecule has 0 aliphatic carbocycles. The number of hydrogen-bond acceptors (Lipinski definition) is 3. The Balaban J connectivity index is 2.44. The van der Waals surface area contributed by atoms with Crippen LogP contribution in [0.4, 0.5) is 0 Å². The molecule has 0 atom stereocenters. The minimum absolute atomic E-state index is 0.0159. The van der Waals surface area contributed by atoms with E-state index in [4.69, 9.17) is 9.47 Å². The number of methoxy groups -OCH3 is 1. The van der Waals surface area contributed by atoms with E-state index in [0.717, 1.165) is 22.6 Å². The van der Waals surface area contributed by atoms with Crippen molar-refractivity contribution >= 4 is 22.6 Å². The Hall–Kier alpha value is -1.34. The normalized spacial score (nSPS) is 10.6. The van der Waals surface area contributed by atoms with Crippen molar-refractivity contribution in [1.82, 2.24) is 4.57 Å². The average Bonchev–Trinajstić information content (AvgIpc) is 2.44. The van der Waals surface area contributed by atoms with Gasteiger partial charge in [0.1, 0.15) is 5.75 Å². The smallest absolute Gasteiger partial charge is 0.264 e. The fraction of sp³-hybridized carbons (Fsp3) is 0.267. The summed E-state index contributed by atoms with van der Waals surface area (Å²) in [5.74, 6) is 0.753. The average molecular weight is 385 g/mol. The zero-order chi connectivity index (χ0) is 14.7. The molecule has 1 heterocycles. The number of nitrogens with zero attached hydrogens (tertiary/aromatic N) is 1. The van der Waals surface area contributed by atoms with E-state index in [9.17, 15) is 4.79 Å². The zero-order valence-electron chi connectivity index (χ0n) is 11.6. The van der Waals surface area contributed by atoms with Gasteiger partial charge in [0.2, 0.25) is 0 Å². The van der Waals surface area contributed by atoms with Crippen LogP contribution in [0.3, 0.4) is 0 Å². The standard InChI is InChI=1S/C15H16INO3/c1-10-8-11(20-9-19-3)4-5-12(10)14-7-6-13(16)15(18)17(14)2/h4-8H,9H2,1-3H3. The molecule has 1 aromatic heterocycles. The van der Waals surface area contributed by atoms with Crippen LogP contribution in [0.2, 0.25) is 0 Å². The van der Waals surface area contributed by atoms with Gasteiger partial charge in [-0.3, -0.25) is 4.79 Å². The van der Waals surface area contributed by atoms with Gasteiger partial charge in [0.15, 0.2) is 6.79 Å². The first-order valence-electron chi connectivity index (χ1n) is 6.13. The summed E-state index contributed by atoms with van der Waals surface area (Å²) in [6.45, 7) is 2.22. The maximum atomic E-state index is 12.0. The Kier molecular flexibility index (Phi) is 4.82. The fourth-order valence-electron chi connectivity index (χ4n) is 2.02. The van der Waals surface area contributed by atoms with Gasteiger partial charge in [-0.1, -0.05) is 0 Å². The molecule has 1 aromatic carbocycles. The van der Waals surface area contributed by atoms with Crippen LogP contribution in [-0.4, -0.2) is 18.5 Å². The first-order chi connectivity index (χ1) is 9.54. The summed E-state index contributed by atoms with van der Waals surface area (Å²) in [6, 6.07) is 9.58. The van der Waals surface area contributed by atoms with E-state index in [1.807, 2.05) is 59.8 Å². The first-order valence-corrected chi connectivity index (χ1v) is 7.20. The summed E-state index contributed by atoms with van der Waals surface area (Å²) in [7, 11) is 3.37. The highest BCUT2D eigenvalue weighted by Gasteiger charge is 2.09. The van der Waals surface area contributed by atoms with E-state index in [2.05, 4.69) is 0 Å². The van der Waals surface area contributed by atoms with Gasteiger partial charge >= 0.3 is 0 Å². The van der Waals surface area contributed by atoms with Crippen molar-refractivity contribution in [2.45, 2.75) is 6.92 Å². The summed E-state index contributed by atoms with van der Waals surface area (Å²) in [5.41, 5.74) is 2.98. The van der Waals surface area contributed by atoms with Crippen LogP contribution in [0.1, 0.15) is 5.56 Å². The Labute approximate surface area is 131 Å². The van der Waals surface area contributed by atoms with Crippen molar-refractivity contribution in [1.29, 1.82) is 0 Å². The third-order valence-corrected chi connectivity index (χ3v) is 3.90. The van der Waals surface area contributed by atoms with Gasteiger partial charge in [-0.2, -0.15) is 0 Å². The topological polar surface area (TPSA) is 40.5 Å². The molecule has 0 radical (unpaired) electrons. The van der Waals surface area contributed by atoms with Crippen LogP contribution in [-0.2, 0) is 11.8 Å². The molecule has 0 unspecified atom stereocenters. The molecule has 0 fully saturated rings. The summed E-state index contributed by atoms with van der Waals surface area (Å²) < 4.78 is 12.7. The molecule has 0 aliphatic rings. The van der Waals surface area contributed by atoms with E-state index < -0.39 is 0 Å². The molecule has 20 heavy (non-hydrogen) atoms. The van der Waals surface area contributed by atoms with Crippen molar-refractivity contribution in [2.24, 2.45) is 7.05 Å². The first kappa shape index (κ1) is 15.1. The maximum absolute atomic E-state index is 12.0. The number of ether oxygens (including phenoxy) is 2. The van der Waals surface area contributed by atoms with E-state index in [1.165, 1.54) is 0 Å². The van der Waals surface area contributed by atoms with Gasteiger partial charge in [-0.15, -0.1) is 0 Å². The van der Waals surface area contributed by atoms with Crippen molar-refractivity contribution in [2.75, 3.05) is 13.9 Å². The van der Waals surface area contributed by atoms with Crippen molar-refractivity contribution < 1.29 is 9.47 Å². The van der Waals surface area contributed by atoms with Gasteiger partial charge in [0.25, 0.3) is 5.56 Å². The molecule has 0 bridgehead atoms. The molecule has 0 saturated carbocycles. The molecule has 2 rings (SSSR count). The van der Waals surface area contributed by atoms with Crippen molar-refractivity contribution in [3.8, 4) is 17.0 Å². The number of benzene rings is 1. The molecule has 0 N–H and O–H groups in total. The third-order valence-electron chi connectivity index (χ3n) is 3.08. The SMILES string of the molecule is COCOc1ccc(-c2ccc(I)c(=O)n2C)c(C)c1. The summed E-state index contributed by atoms with van der Waals surface area (Å²) in [5, 5.41) is 0. The van der Waals surface area contributed by atoms with Crippen LogP contribution in [0, 0.1) is 10.5 Å². The Bertz CT molecular complexity index is 679. The lowest BCUT2D eigenvalue weighted by atomic mass is 10.0. The molecule has 0 saturated heterocycles. The van der Waals surface area contributed by atoms with Crippen molar-refractivity contribution in [3.05, 3.63) is 49.8 Å². The number of aryl methyl sites for hydroxylation is 1. The molecule has 5 heteroatoms. The molecule has 4 nitrogen and oxygen atoms in total. The third kappa shape index (κ3) is 3.04. The lowest BCUT2D eigenvalue weighted by Gasteiger charge is -2.13. The van der Waals surface area contributed by atoms with Crippen LogP contribution < -0.4 is 10.3 Å². The summed E-state index contributed by atoms with van der Waals surface area (Å²) >= 11 is 2.05. The van der Waals surface area contributed by atoms with Crippen LogP contribution in [0.15, 0.2) is 35.1 Å². The van der Waals surface area contributed by atoms with Gasteiger partial charge in [0.05, 0.1) is 9.26 Å². The maximum Gasteiger partial charge on any atom is 0.264 e. The fourth-order valence-corrected chi connectivity index (χ4v) is 2.56. The summed E-state index contributed by atoms with van der Waals surface area (Å²) in [4.78, 5) is 12.0. The van der Waals surface area contributed by atoms with Crippen LogP contribution >= 0.6 is 22.6 Å². The zero-order valence-corrected chi connectivity index (χ0v) is 13.8. The van der Waals surface area contributed by atoms with Gasteiger partial charge in [-0.05, 0) is 65.4 Å². The lowest BCUT2D eigenvalue weighted by Crippen LogP contribution is -2.20. The molecule has 0 aliphatic heterocycles. The number of pyridine rings is 1. The number of rotatable bonds is 4. The number of halogens is 1. The molecular formula is C15H16INO3. The molecule has 106 valence electrons. The molecular weight excluding hydrogens is 369 g/mol. The second-order valence-electron chi connectivity index (χ2n) is 4.46. The van der Waals surface area contributed by atoms with Gasteiger partial charge < -0.3 is 14.0 Å². The second kappa shape index (κ2) is 6.41. The quantitative estimate of drug-likeness (QED) is 0.600. The van der Waals surface area contributed by atoms with E-state index in [1.54, 1.807) is 18.7 Å². The Morgan fingerprint density at radius 1 is 1.25 bits per heavy atom. The van der Waals surface area contributed by atoms with E-state index >= 15 is 0 Å². The molecule has 0 amide bonds. The van der Waals surface area contributed by atoms with E-state index in [-0.39, 0.29) is 12.4 Å². The summed E-state index contributed by atoms with van der Waals surface area (Å²) in [6.07, 6.45) is 0. The highest BCUT2D eigenvalue weighted by Crippen LogP contribution is 2.26. The Morgan fingerprint density at radius 2 is 2.00 bits per heavy atom. The van der Waals surface area contributed by atoms with Crippen LogP contribution in [0.5, 0.6) is 5.75 Å². The highest BCUT2D eigenvalue weighted by atomic mass is 127. The van der Waals surface area contributed by atoms with Crippen LogP contribution in [0.25, 0.3) is 11.3 Å². The van der Waals surface area contributed by atoms with E-state index in [0.29, 0.717) is 3.57 Å². The lowest BCUT2D eigenvalue weighted by molar-refractivity contribution is 0.0511. The minimum atomic E-state index is 0.0159. The minimum Gasteiger partial charge on any atom is -0.468 e. The Morgan fingerprint density at radius 3 is 2.65 bits per heavy atom. The largest absolute Gasteiger partial charge is 0.468 e.